The predicted octanol–water partition coefficient (Wildman–Crippen LogP) is 4.80. The van der Waals surface area contributed by atoms with E-state index >= 15 is 0 Å². The van der Waals surface area contributed by atoms with Crippen molar-refractivity contribution in [2.75, 3.05) is 6.54 Å². The van der Waals surface area contributed by atoms with Crippen molar-refractivity contribution in [3.63, 3.8) is 0 Å². The van der Waals surface area contributed by atoms with Crippen LogP contribution in [-0.4, -0.2) is 33.3 Å². The molecule has 1 saturated carbocycles. The van der Waals surface area contributed by atoms with E-state index in [0.717, 1.165) is 16.5 Å². The zero-order chi connectivity index (χ0) is 20.6. The average molecular weight is 419 g/mol. The molecular weight excluding hydrogens is 398 g/mol. The van der Waals surface area contributed by atoms with Crippen molar-refractivity contribution in [3.05, 3.63) is 58.8 Å². The summed E-state index contributed by atoms with van der Waals surface area (Å²) >= 11 is 6.41. The standard InChI is InChI=1S/C21H21ClF2N4O/c1-13-26-10-14(11-27-13)20(5-7-21(23,24)8-6-20)12-28-19(29)16-2-3-17-15(18(16)22)4-9-25-17/h2-4,9-11,25H,5-8,12H2,1H3,(H,28,29). The second kappa shape index (κ2) is 7.37. The fraction of sp³-hybridized carbons (Fsp3) is 0.381. The van der Waals surface area contributed by atoms with Gasteiger partial charge in [0.1, 0.15) is 5.82 Å². The number of fused-ring (bicyclic) bond motifs is 1. The summed E-state index contributed by atoms with van der Waals surface area (Å²) < 4.78 is 27.6. The Labute approximate surface area is 171 Å². The number of hydrogen-bond donors (Lipinski definition) is 2. The molecule has 5 nitrogen and oxygen atoms in total. The molecule has 0 unspecified atom stereocenters. The van der Waals surface area contributed by atoms with Crippen molar-refractivity contribution < 1.29 is 13.6 Å². The van der Waals surface area contributed by atoms with E-state index in [9.17, 15) is 13.6 Å². The Morgan fingerprint density at radius 2 is 1.86 bits per heavy atom. The fourth-order valence-electron chi connectivity index (χ4n) is 3.94. The van der Waals surface area contributed by atoms with Gasteiger partial charge in [-0.05, 0) is 43.5 Å². The first-order valence-corrected chi connectivity index (χ1v) is 9.88. The van der Waals surface area contributed by atoms with E-state index in [-0.39, 0.29) is 38.1 Å². The minimum absolute atomic E-state index is 0.218. The van der Waals surface area contributed by atoms with Crippen molar-refractivity contribution in [2.24, 2.45) is 0 Å². The summed E-state index contributed by atoms with van der Waals surface area (Å²) in [5, 5.41) is 4.04. The van der Waals surface area contributed by atoms with Gasteiger partial charge >= 0.3 is 0 Å². The van der Waals surface area contributed by atoms with Gasteiger partial charge in [0, 0.05) is 54.3 Å². The van der Waals surface area contributed by atoms with Gasteiger partial charge in [0.15, 0.2) is 0 Å². The summed E-state index contributed by atoms with van der Waals surface area (Å²) in [7, 11) is 0. The molecule has 1 amide bonds. The molecule has 2 N–H and O–H groups in total. The maximum atomic E-state index is 13.8. The number of aromatic amines is 1. The molecule has 1 aliphatic rings. The third kappa shape index (κ3) is 3.83. The van der Waals surface area contributed by atoms with Gasteiger partial charge in [-0.1, -0.05) is 11.6 Å². The number of H-pyrrole nitrogens is 1. The summed E-state index contributed by atoms with van der Waals surface area (Å²) in [5.41, 5.74) is 1.34. The van der Waals surface area contributed by atoms with Crippen LogP contribution in [0.2, 0.25) is 5.02 Å². The van der Waals surface area contributed by atoms with Crippen LogP contribution in [0.1, 0.15) is 47.4 Å². The van der Waals surface area contributed by atoms with Crippen LogP contribution >= 0.6 is 11.6 Å². The molecule has 3 aromatic rings. The molecule has 8 heteroatoms. The molecule has 0 radical (unpaired) electrons. The summed E-state index contributed by atoms with van der Waals surface area (Å²) in [6.07, 6.45) is 5.15. The number of aryl methyl sites for hydroxylation is 1. The maximum absolute atomic E-state index is 13.8. The van der Waals surface area contributed by atoms with Gasteiger partial charge in [-0.15, -0.1) is 0 Å². The number of carbonyl (C=O) groups is 1. The number of benzene rings is 1. The van der Waals surface area contributed by atoms with Crippen LogP contribution in [0.25, 0.3) is 10.9 Å². The number of halogens is 3. The van der Waals surface area contributed by atoms with Gasteiger partial charge in [0.05, 0.1) is 10.6 Å². The molecule has 0 bridgehead atoms. The number of nitrogens with one attached hydrogen (secondary N) is 2. The van der Waals surface area contributed by atoms with Gasteiger partial charge in [-0.2, -0.15) is 0 Å². The van der Waals surface area contributed by atoms with Crippen LogP contribution in [-0.2, 0) is 5.41 Å². The smallest absolute Gasteiger partial charge is 0.252 e. The quantitative estimate of drug-likeness (QED) is 0.639. The topological polar surface area (TPSA) is 70.7 Å². The minimum atomic E-state index is -2.68. The highest BCUT2D eigenvalue weighted by Crippen LogP contribution is 2.45. The lowest BCUT2D eigenvalue weighted by atomic mass is 9.69. The van der Waals surface area contributed by atoms with Crippen LogP contribution in [0.15, 0.2) is 36.8 Å². The number of aromatic nitrogens is 3. The second-order valence-corrected chi connectivity index (χ2v) is 8.08. The van der Waals surface area contributed by atoms with E-state index < -0.39 is 11.3 Å². The molecule has 2 heterocycles. The molecule has 1 aliphatic carbocycles. The molecule has 0 saturated heterocycles. The molecule has 0 atom stereocenters. The predicted molar refractivity (Wildman–Crippen MR) is 108 cm³/mol. The van der Waals surface area contributed by atoms with Gasteiger partial charge in [-0.3, -0.25) is 4.79 Å². The van der Waals surface area contributed by atoms with Gasteiger partial charge in [0.2, 0.25) is 5.92 Å². The molecule has 2 aromatic heterocycles. The highest BCUT2D eigenvalue weighted by atomic mass is 35.5. The molecule has 29 heavy (non-hydrogen) atoms. The molecule has 152 valence electrons. The van der Waals surface area contributed by atoms with Crippen molar-refractivity contribution in [2.45, 2.75) is 43.9 Å². The van der Waals surface area contributed by atoms with Gasteiger partial charge in [-0.25, -0.2) is 18.7 Å². The first-order chi connectivity index (χ1) is 13.8. The Hall–Kier alpha value is -2.54. The summed E-state index contributed by atoms with van der Waals surface area (Å²) in [5.74, 6) is -2.40. The van der Waals surface area contributed by atoms with E-state index in [1.54, 1.807) is 37.6 Å². The van der Waals surface area contributed by atoms with Crippen LogP contribution in [0.3, 0.4) is 0 Å². The first-order valence-electron chi connectivity index (χ1n) is 9.50. The normalized spacial score (nSPS) is 17.9. The third-order valence-electron chi connectivity index (χ3n) is 5.83. The molecular formula is C21H21ClF2N4O. The number of amides is 1. The Kier molecular flexibility index (Phi) is 5.02. The second-order valence-electron chi connectivity index (χ2n) is 7.70. The van der Waals surface area contributed by atoms with Gasteiger partial charge < -0.3 is 10.3 Å². The zero-order valence-electron chi connectivity index (χ0n) is 15.9. The number of hydrogen-bond acceptors (Lipinski definition) is 3. The third-order valence-corrected chi connectivity index (χ3v) is 6.24. The van der Waals surface area contributed by atoms with Crippen molar-refractivity contribution in [1.29, 1.82) is 0 Å². The van der Waals surface area contributed by atoms with E-state index in [1.807, 2.05) is 6.07 Å². The minimum Gasteiger partial charge on any atom is -0.361 e. The Morgan fingerprint density at radius 3 is 2.55 bits per heavy atom. The summed E-state index contributed by atoms with van der Waals surface area (Å²) in [4.78, 5) is 24.3. The fourth-order valence-corrected chi connectivity index (χ4v) is 4.26. The van der Waals surface area contributed by atoms with Crippen molar-refractivity contribution >= 4 is 28.4 Å². The van der Waals surface area contributed by atoms with E-state index in [1.165, 1.54) is 0 Å². The lowest BCUT2D eigenvalue weighted by molar-refractivity contribution is -0.0517. The number of carbonyl (C=O) groups excluding carboxylic acids is 1. The molecule has 1 fully saturated rings. The number of alkyl halides is 2. The lowest BCUT2D eigenvalue weighted by Crippen LogP contribution is -2.45. The highest BCUT2D eigenvalue weighted by Gasteiger charge is 2.44. The van der Waals surface area contributed by atoms with E-state index in [0.29, 0.717) is 16.4 Å². The highest BCUT2D eigenvalue weighted by molar-refractivity contribution is 6.38. The number of nitrogens with zero attached hydrogens (tertiary/aromatic N) is 2. The summed E-state index contributed by atoms with van der Waals surface area (Å²) in [6.45, 7) is 1.99. The number of rotatable bonds is 4. The van der Waals surface area contributed by atoms with E-state index in [2.05, 4.69) is 20.3 Å². The molecule has 0 spiro atoms. The largest absolute Gasteiger partial charge is 0.361 e. The molecule has 1 aromatic carbocycles. The lowest BCUT2D eigenvalue weighted by Gasteiger charge is -2.40. The van der Waals surface area contributed by atoms with Crippen LogP contribution in [0.5, 0.6) is 0 Å². The van der Waals surface area contributed by atoms with E-state index in [4.69, 9.17) is 11.6 Å². The Balaban J connectivity index is 1.58. The van der Waals surface area contributed by atoms with Crippen molar-refractivity contribution in [3.8, 4) is 0 Å². The Morgan fingerprint density at radius 1 is 1.17 bits per heavy atom. The maximum Gasteiger partial charge on any atom is 0.252 e. The van der Waals surface area contributed by atoms with Crippen LogP contribution in [0, 0.1) is 6.92 Å². The Bertz CT molecular complexity index is 1040. The average Bonchev–Trinajstić information content (AvgIpc) is 3.18. The van der Waals surface area contributed by atoms with Gasteiger partial charge in [0.25, 0.3) is 5.91 Å². The first kappa shape index (κ1) is 19.8. The monoisotopic (exact) mass is 418 g/mol. The molecule has 0 aliphatic heterocycles. The van der Waals surface area contributed by atoms with Crippen molar-refractivity contribution in [1.82, 2.24) is 20.3 Å². The van der Waals surface area contributed by atoms with Crippen LogP contribution < -0.4 is 5.32 Å². The van der Waals surface area contributed by atoms with Crippen LogP contribution in [0.4, 0.5) is 8.78 Å². The summed E-state index contributed by atoms with van der Waals surface area (Å²) in [6, 6.07) is 5.26. The zero-order valence-corrected chi connectivity index (χ0v) is 16.7. The molecule has 4 rings (SSSR count). The SMILES string of the molecule is Cc1ncc(C2(CNC(=O)c3ccc4[nH]ccc4c3Cl)CCC(F)(F)CC2)cn1.